The minimum Gasteiger partial charge on any atom is -0.493 e. The van der Waals surface area contributed by atoms with Crippen LogP contribution in [0.4, 0.5) is 4.39 Å². The highest BCUT2D eigenvalue weighted by Crippen LogP contribution is 2.31. The molecule has 3 rings (SSSR count). The van der Waals surface area contributed by atoms with Gasteiger partial charge in [0.1, 0.15) is 11.6 Å². The standard InChI is InChI=1S/C24H18FNO4/c1-28-22-12-7-18(14-23(22)29-2)19(15-26)13-16-3-10-21(11-4-16)30-24(27)17-5-8-20(25)9-6-17/h3-14H,1-2H3/b19-13-. The Kier molecular flexibility index (Phi) is 6.46. The van der Waals surface area contributed by atoms with E-state index in [0.717, 1.165) is 5.56 Å². The maximum Gasteiger partial charge on any atom is 0.343 e. The number of allylic oxidation sites excluding steroid dienone is 1. The molecule has 0 aliphatic rings. The molecular weight excluding hydrogens is 385 g/mol. The van der Waals surface area contributed by atoms with Gasteiger partial charge in [-0.1, -0.05) is 12.1 Å². The van der Waals surface area contributed by atoms with Crippen LogP contribution < -0.4 is 14.2 Å². The number of nitrogens with zero attached hydrogens (tertiary/aromatic N) is 1. The Morgan fingerprint density at radius 1 is 0.900 bits per heavy atom. The van der Waals surface area contributed by atoms with E-state index in [9.17, 15) is 14.4 Å². The fourth-order valence-corrected chi connectivity index (χ4v) is 2.73. The topological polar surface area (TPSA) is 68.5 Å². The van der Waals surface area contributed by atoms with Crippen LogP contribution in [0.2, 0.25) is 0 Å². The SMILES string of the molecule is COc1ccc(/C(C#N)=C\c2ccc(OC(=O)c3ccc(F)cc3)cc2)cc1OC. The van der Waals surface area contributed by atoms with Crippen LogP contribution >= 0.6 is 0 Å². The average molecular weight is 403 g/mol. The molecule has 0 spiro atoms. The van der Waals surface area contributed by atoms with Gasteiger partial charge in [-0.3, -0.25) is 0 Å². The van der Waals surface area contributed by atoms with Gasteiger partial charge in [-0.2, -0.15) is 5.26 Å². The van der Waals surface area contributed by atoms with Gasteiger partial charge < -0.3 is 14.2 Å². The molecule has 0 aromatic heterocycles. The molecule has 0 atom stereocenters. The van der Waals surface area contributed by atoms with E-state index < -0.39 is 11.8 Å². The van der Waals surface area contributed by atoms with Crippen molar-refractivity contribution in [3.63, 3.8) is 0 Å². The second kappa shape index (κ2) is 9.39. The molecule has 0 unspecified atom stereocenters. The van der Waals surface area contributed by atoms with Crippen molar-refractivity contribution in [2.24, 2.45) is 0 Å². The van der Waals surface area contributed by atoms with Crippen LogP contribution in [-0.4, -0.2) is 20.2 Å². The predicted octanol–water partition coefficient (Wildman–Crippen LogP) is 5.13. The third-order valence-corrected chi connectivity index (χ3v) is 4.30. The maximum absolute atomic E-state index is 13.0. The Labute approximate surface area is 173 Å². The van der Waals surface area contributed by atoms with Gasteiger partial charge in [0.05, 0.1) is 31.4 Å². The van der Waals surface area contributed by atoms with Crippen molar-refractivity contribution in [3.05, 3.63) is 89.2 Å². The number of carbonyl (C=O) groups excluding carboxylic acids is 1. The van der Waals surface area contributed by atoms with Gasteiger partial charge >= 0.3 is 5.97 Å². The number of carbonyl (C=O) groups is 1. The van der Waals surface area contributed by atoms with E-state index in [-0.39, 0.29) is 5.56 Å². The molecule has 3 aromatic rings. The zero-order valence-corrected chi connectivity index (χ0v) is 16.4. The fourth-order valence-electron chi connectivity index (χ4n) is 2.73. The average Bonchev–Trinajstić information content (AvgIpc) is 2.78. The van der Waals surface area contributed by atoms with E-state index in [1.165, 1.54) is 31.4 Å². The first-order valence-electron chi connectivity index (χ1n) is 8.96. The molecule has 0 bridgehead atoms. The van der Waals surface area contributed by atoms with Crippen molar-refractivity contribution < 1.29 is 23.4 Å². The summed E-state index contributed by atoms with van der Waals surface area (Å²) in [5, 5.41) is 9.56. The summed E-state index contributed by atoms with van der Waals surface area (Å²) in [6.07, 6.45) is 1.72. The fraction of sp³-hybridized carbons (Fsp3) is 0.0833. The maximum atomic E-state index is 13.0. The molecule has 0 saturated heterocycles. The molecule has 0 radical (unpaired) electrons. The van der Waals surface area contributed by atoms with Crippen molar-refractivity contribution >= 4 is 17.6 Å². The monoisotopic (exact) mass is 403 g/mol. The molecule has 0 N–H and O–H groups in total. The van der Waals surface area contributed by atoms with Gasteiger partial charge in [0, 0.05) is 0 Å². The van der Waals surface area contributed by atoms with Crippen LogP contribution in [0, 0.1) is 17.1 Å². The van der Waals surface area contributed by atoms with Crippen LogP contribution in [0.25, 0.3) is 11.6 Å². The Morgan fingerprint density at radius 3 is 2.13 bits per heavy atom. The first-order valence-corrected chi connectivity index (χ1v) is 8.96. The third kappa shape index (κ3) is 4.83. The van der Waals surface area contributed by atoms with Crippen LogP contribution in [0.3, 0.4) is 0 Å². The molecular formula is C24H18FNO4. The zero-order valence-electron chi connectivity index (χ0n) is 16.4. The van der Waals surface area contributed by atoms with Gasteiger partial charge in [0.25, 0.3) is 0 Å². The minimum atomic E-state index is -0.582. The molecule has 0 heterocycles. The Bertz CT molecular complexity index is 1110. The second-order valence-corrected chi connectivity index (χ2v) is 6.21. The van der Waals surface area contributed by atoms with E-state index in [1.807, 2.05) is 0 Å². The summed E-state index contributed by atoms with van der Waals surface area (Å²) in [7, 11) is 3.08. The summed E-state index contributed by atoms with van der Waals surface area (Å²) >= 11 is 0. The lowest BCUT2D eigenvalue weighted by atomic mass is 10.0. The molecule has 5 nitrogen and oxygen atoms in total. The normalized spacial score (nSPS) is 10.8. The predicted molar refractivity (Wildman–Crippen MR) is 111 cm³/mol. The number of hydrogen-bond acceptors (Lipinski definition) is 5. The molecule has 30 heavy (non-hydrogen) atoms. The summed E-state index contributed by atoms with van der Waals surface area (Å²) in [5.74, 6) is 0.433. The number of esters is 1. The highest BCUT2D eigenvalue weighted by atomic mass is 19.1. The summed E-state index contributed by atoms with van der Waals surface area (Å²) in [4.78, 5) is 12.1. The lowest BCUT2D eigenvalue weighted by molar-refractivity contribution is 0.0734. The van der Waals surface area contributed by atoms with Crippen molar-refractivity contribution in [2.75, 3.05) is 14.2 Å². The van der Waals surface area contributed by atoms with Crippen LogP contribution in [-0.2, 0) is 0 Å². The molecule has 0 saturated carbocycles. The molecule has 0 fully saturated rings. The van der Waals surface area contributed by atoms with Gasteiger partial charge in [-0.15, -0.1) is 0 Å². The number of methoxy groups -OCH3 is 2. The number of rotatable bonds is 6. The number of benzene rings is 3. The molecule has 0 amide bonds. The van der Waals surface area contributed by atoms with Crippen molar-refractivity contribution in [1.29, 1.82) is 5.26 Å². The molecule has 150 valence electrons. The smallest absolute Gasteiger partial charge is 0.343 e. The van der Waals surface area contributed by atoms with E-state index in [2.05, 4.69) is 6.07 Å². The highest BCUT2D eigenvalue weighted by molar-refractivity contribution is 5.91. The van der Waals surface area contributed by atoms with E-state index >= 15 is 0 Å². The molecule has 3 aromatic carbocycles. The van der Waals surface area contributed by atoms with Crippen molar-refractivity contribution in [1.82, 2.24) is 0 Å². The Hall–Kier alpha value is -4.11. The zero-order chi connectivity index (χ0) is 21.5. The Balaban J connectivity index is 1.78. The third-order valence-electron chi connectivity index (χ3n) is 4.30. The number of hydrogen-bond donors (Lipinski definition) is 0. The van der Waals surface area contributed by atoms with E-state index in [1.54, 1.807) is 55.7 Å². The van der Waals surface area contributed by atoms with Gasteiger partial charge in [-0.25, -0.2) is 9.18 Å². The quantitative estimate of drug-likeness (QED) is 0.247. The summed E-state index contributed by atoms with van der Waals surface area (Å²) in [6, 6.07) is 19.2. The van der Waals surface area contributed by atoms with Gasteiger partial charge in [0.2, 0.25) is 0 Å². The largest absolute Gasteiger partial charge is 0.493 e. The summed E-state index contributed by atoms with van der Waals surface area (Å²) < 4.78 is 28.8. The number of halogens is 1. The summed E-state index contributed by atoms with van der Waals surface area (Å²) in [5.41, 5.74) is 2.12. The van der Waals surface area contributed by atoms with E-state index in [4.69, 9.17) is 14.2 Å². The van der Waals surface area contributed by atoms with Gasteiger partial charge in [0.15, 0.2) is 11.5 Å². The first kappa shape index (κ1) is 20.6. The highest BCUT2D eigenvalue weighted by Gasteiger charge is 2.10. The molecule has 0 aliphatic carbocycles. The summed E-state index contributed by atoms with van der Waals surface area (Å²) in [6.45, 7) is 0. The van der Waals surface area contributed by atoms with Gasteiger partial charge in [-0.05, 0) is 71.8 Å². The van der Waals surface area contributed by atoms with Crippen LogP contribution in [0.15, 0.2) is 66.7 Å². The number of nitriles is 1. The van der Waals surface area contributed by atoms with Crippen molar-refractivity contribution in [3.8, 4) is 23.3 Å². The lowest BCUT2D eigenvalue weighted by Gasteiger charge is -2.09. The molecule has 0 aliphatic heterocycles. The molecule has 6 heteroatoms. The second-order valence-electron chi connectivity index (χ2n) is 6.21. The minimum absolute atomic E-state index is 0.251. The number of ether oxygens (including phenoxy) is 3. The Morgan fingerprint density at radius 2 is 1.53 bits per heavy atom. The lowest BCUT2D eigenvalue weighted by Crippen LogP contribution is -2.08. The van der Waals surface area contributed by atoms with E-state index in [0.29, 0.717) is 28.4 Å². The first-order chi connectivity index (χ1) is 14.5. The van der Waals surface area contributed by atoms with Crippen LogP contribution in [0.1, 0.15) is 21.5 Å². The van der Waals surface area contributed by atoms with Crippen LogP contribution in [0.5, 0.6) is 17.2 Å². The van der Waals surface area contributed by atoms with Crippen molar-refractivity contribution in [2.45, 2.75) is 0 Å².